The van der Waals surface area contributed by atoms with Gasteiger partial charge in [-0.05, 0) is 38.8 Å². The molecule has 0 saturated carbocycles. The van der Waals surface area contributed by atoms with Crippen molar-refractivity contribution in [2.45, 2.75) is 26.7 Å². The summed E-state index contributed by atoms with van der Waals surface area (Å²) in [7, 11) is 0. The Morgan fingerprint density at radius 2 is 2.00 bits per heavy atom. The van der Waals surface area contributed by atoms with Gasteiger partial charge in [0.1, 0.15) is 5.65 Å². The number of hydrogen-bond donors (Lipinski definition) is 1. The second kappa shape index (κ2) is 4.81. The summed E-state index contributed by atoms with van der Waals surface area (Å²) in [5.74, 6) is -0.853. The first-order valence-electron chi connectivity index (χ1n) is 6.99. The summed E-state index contributed by atoms with van der Waals surface area (Å²) < 4.78 is 2.11. The highest BCUT2D eigenvalue weighted by molar-refractivity contribution is 5.70. The van der Waals surface area contributed by atoms with Gasteiger partial charge in [-0.2, -0.15) is 0 Å². The van der Waals surface area contributed by atoms with E-state index in [0.717, 1.165) is 48.7 Å². The lowest BCUT2D eigenvalue weighted by Crippen LogP contribution is -2.36. The van der Waals surface area contributed by atoms with Crippen LogP contribution in [-0.2, 0) is 4.79 Å². The predicted molar refractivity (Wildman–Crippen MR) is 77.2 cm³/mol. The van der Waals surface area contributed by atoms with Crippen LogP contribution in [0.1, 0.15) is 24.2 Å². The molecule has 0 unspecified atom stereocenters. The number of pyridine rings is 1. The van der Waals surface area contributed by atoms with Gasteiger partial charge in [0, 0.05) is 25.0 Å². The topological polar surface area (TPSA) is 57.8 Å². The van der Waals surface area contributed by atoms with Crippen molar-refractivity contribution in [1.82, 2.24) is 9.38 Å². The molecule has 1 aliphatic rings. The standard InChI is InChI=1S/C15H19N3O2/c1-10-11(2)18-9-13(3-4-14(18)16-10)17-7-5-12(6-8-17)15(19)20/h3-4,9,12H,5-8H2,1-2H3,(H,19,20). The molecule has 0 spiro atoms. The minimum Gasteiger partial charge on any atom is -0.481 e. The van der Waals surface area contributed by atoms with Gasteiger partial charge in [0.25, 0.3) is 0 Å². The Labute approximate surface area is 117 Å². The van der Waals surface area contributed by atoms with E-state index in [1.807, 2.05) is 13.0 Å². The van der Waals surface area contributed by atoms with E-state index in [-0.39, 0.29) is 5.92 Å². The van der Waals surface area contributed by atoms with E-state index >= 15 is 0 Å². The van der Waals surface area contributed by atoms with Gasteiger partial charge in [-0.3, -0.25) is 4.79 Å². The summed E-state index contributed by atoms with van der Waals surface area (Å²) in [6.07, 6.45) is 3.54. The molecule has 1 N–H and O–H groups in total. The number of aromatic nitrogens is 2. The fourth-order valence-corrected chi connectivity index (χ4v) is 2.84. The number of aryl methyl sites for hydroxylation is 2. The molecule has 2 aromatic heterocycles. The van der Waals surface area contributed by atoms with Crippen LogP contribution in [0.15, 0.2) is 18.3 Å². The van der Waals surface area contributed by atoms with Gasteiger partial charge in [0.15, 0.2) is 0 Å². The molecule has 0 aromatic carbocycles. The van der Waals surface area contributed by atoms with E-state index < -0.39 is 5.97 Å². The fraction of sp³-hybridized carbons (Fsp3) is 0.467. The number of hydrogen-bond acceptors (Lipinski definition) is 3. The van der Waals surface area contributed by atoms with Crippen molar-refractivity contribution >= 4 is 17.3 Å². The van der Waals surface area contributed by atoms with Crippen molar-refractivity contribution in [2.75, 3.05) is 18.0 Å². The smallest absolute Gasteiger partial charge is 0.306 e. The van der Waals surface area contributed by atoms with Crippen LogP contribution in [0.2, 0.25) is 0 Å². The number of piperidine rings is 1. The average molecular weight is 273 g/mol. The summed E-state index contributed by atoms with van der Waals surface area (Å²) in [4.78, 5) is 17.7. The van der Waals surface area contributed by atoms with Crippen LogP contribution in [0.5, 0.6) is 0 Å². The van der Waals surface area contributed by atoms with Crippen molar-refractivity contribution in [2.24, 2.45) is 5.92 Å². The second-order valence-electron chi connectivity index (χ2n) is 5.50. The maximum absolute atomic E-state index is 11.0. The highest BCUT2D eigenvalue weighted by atomic mass is 16.4. The molecular formula is C15H19N3O2. The van der Waals surface area contributed by atoms with Crippen molar-refractivity contribution in [3.63, 3.8) is 0 Å². The average Bonchev–Trinajstić information content (AvgIpc) is 2.74. The van der Waals surface area contributed by atoms with Crippen molar-refractivity contribution in [3.05, 3.63) is 29.7 Å². The number of carboxylic acids is 1. The monoisotopic (exact) mass is 273 g/mol. The molecule has 3 heterocycles. The van der Waals surface area contributed by atoms with Crippen molar-refractivity contribution < 1.29 is 9.90 Å². The summed E-state index contributed by atoms with van der Waals surface area (Å²) >= 11 is 0. The predicted octanol–water partition coefficient (Wildman–Crippen LogP) is 2.25. The Kier molecular flexibility index (Phi) is 3.12. The van der Waals surface area contributed by atoms with Crippen LogP contribution in [0.25, 0.3) is 5.65 Å². The SMILES string of the molecule is Cc1nc2ccc(N3CCC(C(=O)O)CC3)cn2c1C. The van der Waals surface area contributed by atoms with E-state index in [2.05, 4.69) is 33.5 Å². The van der Waals surface area contributed by atoms with Crippen molar-refractivity contribution in [1.29, 1.82) is 0 Å². The maximum atomic E-state index is 11.0. The lowest BCUT2D eigenvalue weighted by Gasteiger charge is -2.31. The molecule has 1 aliphatic heterocycles. The zero-order valence-electron chi connectivity index (χ0n) is 11.8. The zero-order valence-corrected chi connectivity index (χ0v) is 11.8. The quantitative estimate of drug-likeness (QED) is 0.911. The molecule has 5 nitrogen and oxygen atoms in total. The molecule has 0 atom stereocenters. The minimum atomic E-state index is -0.666. The third-order valence-electron chi connectivity index (χ3n) is 4.29. The summed E-state index contributed by atoms with van der Waals surface area (Å²) in [5.41, 5.74) is 4.31. The molecule has 106 valence electrons. The van der Waals surface area contributed by atoms with Crippen molar-refractivity contribution in [3.8, 4) is 0 Å². The number of nitrogens with zero attached hydrogens (tertiary/aromatic N) is 3. The van der Waals surface area contributed by atoms with Crippen LogP contribution >= 0.6 is 0 Å². The van der Waals surface area contributed by atoms with Crippen LogP contribution in [0.4, 0.5) is 5.69 Å². The lowest BCUT2D eigenvalue weighted by atomic mass is 9.97. The van der Waals surface area contributed by atoms with E-state index in [0.29, 0.717) is 0 Å². The number of rotatable bonds is 2. The van der Waals surface area contributed by atoms with Gasteiger partial charge < -0.3 is 14.4 Å². The van der Waals surface area contributed by atoms with Crippen LogP contribution < -0.4 is 4.90 Å². The normalized spacial score (nSPS) is 16.8. The number of carbonyl (C=O) groups is 1. The van der Waals surface area contributed by atoms with Gasteiger partial charge in [0.2, 0.25) is 0 Å². The molecule has 1 saturated heterocycles. The van der Waals surface area contributed by atoms with Gasteiger partial charge in [-0.15, -0.1) is 0 Å². The Morgan fingerprint density at radius 1 is 1.30 bits per heavy atom. The van der Waals surface area contributed by atoms with Gasteiger partial charge in [0.05, 0.1) is 17.3 Å². The number of anilines is 1. The third-order valence-corrected chi connectivity index (χ3v) is 4.29. The van der Waals surface area contributed by atoms with E-state index in [1.54, 1.807) is 0 Å². The molecule has 3 rings (SSSR count). The minimum absolute atomic E-state index is 0.188. The molecule has 1 fully saturated rings. The van der Waals surface area contributed by atoms with E-state index in [1.165, 1.54) is 0 Å². The number of carboxylic acid groups (broad SMARTS) is 1. The molecular weight excluding hydrogens is 254 g/mol. The summed E-state index contributed by atoms with van der Waals surface area (Å²) in [6, 6.07) is 4.10. The Bertz CT molecular complexity index is 654. The third kappa shape index (κ3) is 2.13. The fourth-order valence-electron chi connectivity index (χ4n) is 2.84. The molecule has 20 heavy (non-hydrogen) atoms. The van der Waals surface area contributed by atoms with Crippen LogP contribution in [0, 0.1) is 19.8 Å². The first-order valence-corrected chi connectivity index (χ1v) is 6.99. The molecule has 0 bridgehead atoms. The van der Waals surface area contributed by atoms with E-state index in [9.17, 15) is 4.79 Å². The summed E-state index contributed by atoms with van der Waals surface area (Å²) in [6.45, 7) is 5.68. The largest absolute Gasteiger partial charge is 0.481 e. The van der Waals surface area contributed by atoms with Gasteiger partial charge in [-0.1, -0.05) is 0 Å². The van der Waals surface area contributed by atoms with Gasteiger partial charge in [-0.25, -0.2) is 4.98 Å². The highest BCUT2D eigenvalue weighted by Crippen LogP contribution is 2.24. The lowest BCUT2D eigenvalue weighted by molar-refractivity contribution is -0.142. The van der Waals surface area contributed by atoms with Crippen LogP contribution in [-0.4, -0.2) is 33.6 Å². The first-order chi connectivity index (χ1) is 9.56. The Balaban J connectivity index is 1.84. The molecule has 0 aliphatic carbocycles. The molecule has 0 radical (unpaired) electrons. The number of fused-ring (bicyclic) bond motifs is 1. The number of imidazole rings is 1. The van der Waals surface area contributed by atoms with Gasteiger partial charge >= 0.3 is 5.97 Å². The summed E-state index contributed by atoms with van der Waals surface area (Å²) in [5, 5.41) is 9.04. The first kappa shape index (κ1) is 13.0. The highest BCUT2D eigenvalue weighted by Gasteiger charge is 2.24. The second-order valence-corrected chi connectivity index (χ2v) is 5.50. The number of aliphatic carboxylic acids is 1. The Morgan fingerprint density at radius 3 is 2.65 bits per heavy atom. The van der Waals surface area contributed by atoms with E-state index in [4.69, 9.17) is 5.11 Å². The molecule has 5 heteroatoms. The molecule has 0 amide bonds. The molecule has 2 aromatic rings. The Hall–Kier alpha value is -2.04. The maximum Gasteiger partial charge on any atom is 0.306 e. The van der Waals surface area contributed by atoms with Crippen LogP contribution in [0.3, 0.4) is 0 Å². The zero-order chi connectivity index (χ0) is 14.3.